The Morgan fingerprint density at radius 2 is 1.81 bits per heavy atom. The van der Waals surface area contributed by atoms with Crippen LogP contribution in [-0.2, 0) is 7.05 Å². The van der Waals surface area contributed by atoms with Gasteiger partial charge >= 0.3 is 0 Å². The Morgan fingerprint density at radius 1 is 1.15 bits per heavy atom. The third kappa shape index (κ3) is 3.76. The van der Waals surface area contributed by atoms with Crippen molar-refractivity contribution in [2.75, 3.05) is 14.2 Å². The summed E-state index contributed by atoms with van der Waals surface area (Å²) in [6.45, 7) is 0. The molecule has 1 heterocycles. The Morgan fingerprint density at radius 3 is 2.42 bits per heavy atom. The summed E-state index contributed by atoms with van der Waals surface area (Å²) < 4.78 is 13.4. The van der Waals surface area contributed by atoms with Gasteiger partial charge in [-0.2, -0.15) is 4.99 Å². The number of nitrogens with zero attached hydrogens (tertiary/aromatic N) is 2. The number of nitrogens with one attached hydrogen (secondary N) is 1. The van der Waals surface area contributed by atoms with E-state index in [1.807, 2.05) is 35.9 Å². The Kier molecular flexibility index (Phi) is 5.34. The van der Waals surface area contributed by atoms with E-state index in [0.717, 1.165) is 10.2 Å². The summed E-state index contributed by atoms with van der Waals surface area (Å²) in [4.78, 5) is 17.5. The van der Waals surface area contributed by atoms with E-state index < -0.39 is 0 Å². The summed E-state index contributed by atoms with van der Waals surface area (Å²) in [6.07, 6.45) is 0. The standard InChI is InChI=1S/C18H17N3O3S2/c1-21-14-6-4-5-7-15(14)26-18(21)20-17(25)19-16(22)11-8-12(23-2)10-13(9-11)24-3/h4-10H,1-3H3,(H,19,22,25)/b20-18+. The quantitative estimate of drug-likeness (QED) is 0.702. The van der Waals surface area contributed by atoms with E-state index >= 15 is 0 Å². The van der Waals surface area contributed by atoms with Crippen LogP contribution in [0.3, 0.4) is 0 Å². The van der Waals surface area contributed by atoms with Gasteiger partial charge in [-0.1, -0.05) is 23.5 Å². The predicted molar refractivity (Wildman–Crippen MR) is 106 cm³/mol. The third-order valence-electron chi connectivity index (χ3n) is 3.75. The molecule has 0 saturated carbocycles. The number of hydrogen-bond donors (Lipinski definition) is 1. The lowest BCUT2D eigenvalue weighted by molar-refractivity contribution is 0.0976. The van der Waals surface area contributed by atoms with Crippen molar-refractivity contribution < 1.29 is 14.3 Å². The molecule has 0 fully saturated rings. The maximum Gasteiger partial charge on any atom is 0.257 e. The number of benzene rings is 2. The van der Waals surface area contributed by atoms with Crippen LogP contribution < -0.4 is 19.6 Å². The molecule has 6 nitrogen and oxygen atoms in total. The van der Waals surface area contributed by atoms with Crippen LogP contribution in [0.15, 0.2) is 47.5 Å². The molecule has 0 aliphatic heterocycles. The molecule has 1 N–H and O–H groups in total. The molecule has 0 aliphatic carbocycles. The third-order valence-corrected chi connectivity index (χ3v) is 5.05. The summed E-state index contributed by atoms with van der Waals surface area (Å²) in [5.41, 5.74) is 1.43. The van der Waals surface area contributed by atoms with Gasteiger partial charge in [-0.15, -0.1) is 0 Å². The fourth-order valence-electron chi connectivity index (χ4n) is 2.41. The minimum Gasteiger partial charge on any atom is -0.497 e. The number of rotatable bonds is 3. The normalized spacial score (nSPS) is 11.4. The molecule has 0 radical (unpaired) electrons. The lowest BCUT2D eigenvalue weighted by Crippen LogP contribution is -2.29. The van der Waals surface area contributed by atoms with Gasteiger partial charge in [0, 0.05) is 18.7 Å². The summed E-state index contributed by atoms with van der Waals surface area (Å²) in [5.74, 6) is 0.668. The molecule has 0 aliphatic rings. The number of methoxy groups -OCH3 is 2. The Bertz CT molecular complexity index is 1030. The molecule has 1 aromatic heterocycles. The summed E-state index contributed by atoms with van der Waals surface area (Å²) in [5, 5.41) is 2.72. The highest BCUT2D eigenvalue weighted by atomic mass is 32.1. The van der Waals surface area contributed by atoms with Gasteiger partial charge in [-0.3, -0.25) is 10.1 Å². The molecular formula is C18H17N3O3S2. The molecule has 3 aromatic rings. The minimum absolute atomic E-state index is 0.0962. The van der Waals surface area contributed by atoms with E-state index in [-0.39, 0.29) is 11.0 Å². The first-order valence-corrected chi connectivity index (χ1v) is 8.92. The molecule has 3 rings (SSSR count). The number of thiocarbonyl (C=S) groups is 1. The first-order valence-electron chi connectivity index (χ1n) is 7.69. The first kappa shape index (κ1) is 18.1. The fourth-order valence-corrected chi connectivity index (χ4v) is 3.67. The number of aromatic nitrogens is 1. The summed E-state index contributed by atoms with van der Waals surface area (Å²) in [6, 6.07) is 12.9. The van der Waals surface area contributed by atoms with Crippen LogP contribution in [0.5, 0.6) is 11.5 Å². The van der Waals surface area contributed by atoms with Gasteiger partial charge in [0.1, 0.15) is 11.5 Å². The van der Waals surface area contributed by atoms with Crippen LogP contribution >= 0.6 is 23.6 Å². The lowest BCUT2D eigenvalue weighted by atomic mass is 10.2. The number of carbonyl (C=O) groups excluding carboxylic acids is 1. The summed E-state index contributed by atoms with van der Waals surface area (Å²) >= 11 is 6.74. The largest absolute Gasteiger partial charge is 0.497 e. The second kappa shape index (κ2) is 7.67. The molecule has 0 atom stereocenters. The van der Waals surface area contributed by atoms with Gasteiger partial charge in [0.2, 0.25) is 5.11 Å². The average molecular weight is 387 g/mol. The molecule has 8 heteroatoms. The topological polar surface area (TPSA) is 64.8 Å². The van der Waals surface area contributed by atoms with Crippen LogP contribution in [0, 0.1) is 0 Å². The van der Waals surface area contributed by atoms with Crippen molar-refractivity contribution in [1.29, 1.82) is 0 Å². The minimum atomic E-state index is -0.375. The van der Waals surface area contributed by atoms with E-state index in [1.165, 1.54) is 25.6 Å². The van der Waals surface area contributed by atoms with Crippen LogP contribution in [0.1, 0.15) is 10.4 Å². The van der Waals surface area contributed by atoms with Gasteiger partial charge in [0.25, 0.3) is 5.91 Å². The Labute approximate surface area is 159 Å². The van der Waals surface area contributed by atoms with Gasteiger partial charge in [0.05, 0.1) is 24.4 Å². The van der Waals surface area contributed by atoms with Gasteiger partial charge < -0.3 is 14.0 Å². The molecule has 134 valence electrons. The molecule has 0 spiro atoms. The van der Waals surface area contributed by atoms with Gasteiger partial charge in [-0.05, 0) is 36.5 Å². The predicted octanol–water partition coefficient (Wildman–Crippen LogP) is 2.87. The number of amides is 1. The SMILES string of the molecule is COc1cc(OC)cc(C(=O)NC(=S)/N=c2/sc3ccccc3n2C)c1. The van der Waals surface area contributed by atoms with Crippen molar-refractivity contribution in [2.45, 2.75) is 0 Å². The monoisotopic (exact) mass is 387 g/mol. The van der Waals surface area contributed by atoms with Crippen LogP contribution in [0.25, 0.3) is 10.2 Å². The van der Waals surface area contributed by atoms with E-state index in [0.29, 0.717) is 21.9 Å². The highest BCUT2D eigenvalue weighted by Crippen LogP contribution is 2.22. The zero-order valence-electron chi connectivity index (χ0n) is 14.5. The van der Waals surface area contributed by atoms with Crippen molar-refractivity contribution in [2.24, 2.45) is 12.0 Å². The Balaban J connectivity index is 1.85. The number of fused-ring (bicyclic) bond motifs is 1. The molecule has 2 aromatic carbocycles. The van der Waals surface area contributed by atoms with Crippen molar-refractivity contribution in [3.05, 3.63) is 52.8 Å². The van der Waals surface area contributed by atoms with Crippen molar-refractivity contribution in [3.8, 4) is 11.5 Å². The highest BCUT2D eigenvalue weighted by molar-refractivity contribution is 7.80. The number of aryl methyl sites for hydroxylation is 1. The van der Waals surface area contributed by atoms with Crippen LogP contribution in [0.2, 0.25) is 0 Å². The van der Waals surface area contributed by atoms with Crippen molar-refractivity contribution in [1.82, 2.24) is 9.88 Å². The summed E-state index contributed by atoms with van der Waals surface area (Å²) in [7, 11) is 4.96. The van der Waals surface area contributed by atoms with E-state index in [1.54, 1.807) is 18.2 Å². The van der Waals surface area contributed by atoms with E-state index in [2.05, 4.69) is 10.3 Å². The average Bonchev–Trinajstić information content (AvgIpc) is 2.96. The maximum absolute atomic E-state index is 12.5. The van der Waals surface area contributed by atoms with E-state index in [9.17, 15) is 4.79 Å². The van der Waals surface area contributed by atoms with E-state index in [4.69, 9.17) is 21.7 Å². The zero-order chi connectivity index (χ0) is 18.7. The molecule has 0 saturated heterocycles. The Hall–Kier alpha value is -2.71. The zero-order valence-corrected chi connectivity index (χ0v) is 16.1. The first-order chi connectivity index (χ1) is 12.5. The molecule has 26 heavy (non-hydrogen) atoms. The van der Waals surface area contributed by atoms with Crippen molar-refractivity contribution in [3.63, 3.8) is 0 Å². The molecular weight excluding hydrogens is 370 g/mol. The second-order valence-corrected chi connectivity index (χ2v) is 6.78. The number of hydrogen-bond acceptors (Lipinski definition) is 5. The maximum atomic E-state index is 12.5. The molecule has 0 bridgehead atoms. The van der Waals surface area contributed by atoms with Crippen LogP contribution in [0.4, 0.5) is 0 Å². The smallest absolute Gasteiger partial charge is 0.257 e. The highest BCUT2D eigenvalue weighted by Gasteiger charge is 2.11. The molecule has 1 amide bonds. The number of ether oxygens (including phenoxy) is 2. The van der Waals surface area contributed by atoms with Gasteiger partial charge in [0.15, 0.2) is 4.80 Å². The second-order valence-electron chi connectivity index (χ2n) is 5.38. The fraction of sp³-hybridized carbons (Fsp3) is 0.167. The number of thiazole rings is 1. The van der Waals surface area contributed by atoms with Crippen LogP contribution in [-0.4, -0.2) is 29.8 Å². The number of carbonyl (C=O) groups is 1. The lowest BCUT2D eigenvalue weighted by Gasteiger charge is -2.08. The molecule has 0 unspecified atom stereocenters. The van der Waals surface area contributed by atoms with Crippen molar-refractivity contribution >= 4 is 44.8 Å². The number of para-hydroxylation sites is 1. The van der Waals surface area contributed by atoms with Gasteiger partial charge in [-0.25, -0.2) is 0 Å².